The van der Waals surface area contributed by atoms with Crippen LogP contribution in [-0.2, 0) is 42.2 Å². The molecule has 4 nitrogen and oxygen atoms in total. The first kappa shape index (κ1) is 44.9. The summed E-state index contributed by atoms with van der Waals surface area (Å²) in [5.74, 6) is 0. The molecule has 268 valence electrons. The van der Waals surface area contributed by atoms with E-state index in [1.54, 1.807) is 0 Å². The van der Waals surface area contributed by atoms with Gasteiger partial charge in [-0.05, 0) is 97.9 Å². The molecule has 0 radical (unpaired) electrons. The molecule has 0 fully saturated rings. The van der Waals surface area contributed by atoms with Crippen molar-refractivity contribution in [3.63, 3.8) is 0 Å². The minimum absolute atomic E-state index is 0. The zero-order valence-electron chi connectivity index (χ0n) is 30.9. The fraction of sp³-hybridized carbons (Fsp3) is 0.619. The molecule has 0 saturated carbocycles. The molecule has 2 aromatic rings. The van der Waals surface area contributed by atoms with Gasteiger partial charge in [-0.1, -0.05) is 117 Å². The largest absolute Gasteiger partial charge is 0.493 e. The molecule has 0 aromatic heterocycles. The number of rotatable bonds is 22. The van der Waals surface area contributed by atoms with Gasteiger partial charge in [-0.15, -0.1) is 0 Å². The third-order valence-corrected chi connectivity index (χ3v) is 8.83. The van der Waals surface area contributed by atoms with Crippen LogP contribution in [-0.4, -0.2) is 29.1 Å². The topological polar surface area (TPSA) is 65.8 Å². The van der Waals surface area contributed by atoms with Gasteiger partial charge in [0.25, 0.3) is 0 Å². The molecule has 5 heteroatoms. The summed E-state index contributed by atoms with van der Waals surface area (Å²) < 4.78 is 1.46. The van der Waals surface area contributed by atoms with Crippen molar-refractivity contribution in [1.82, 2.24) is 0 Å². The van der Waals surface area contributed by atoms with E-state index in [-0.39, 0.29) is 16.5 Å². The summed E-state index contributed by atoms with van der Waals surface area (Å²) in [6.07, 6.45) is 29.4. The van der Waals surface area contributed by atoms with Crippen molar-refractivity contribution in [3.05, 3.63) is 87.5 Å². The zero-order chi connectivity index (χ0) is 34.0. The van der Waals surface area contributed by atoms with Crippen LogP contribution in [0, 0.1) is 0 Å². The molecular formula is C42H68N2NiO2. The number of benzene rings is 2. The van der Waals surface area contributed by atoms with Crippen LogP contribution in [0.5, 0.6) is 0 Å². The normalized spacial score (nSPS) is 12.0. The van der Waals surface area contributed by atoms with Gasteiger partial charge in [0.15, 0.2) is 0 Å². The molecule has 2 aromatic carbocycles. The predicted molar refractivity (Wildman–Crippen MR) is 200 cm³/mol. The molecule has 0 unspecified atom stereocenters. The molecule has 0 amide bonds. The van der Waals surface area contributed by atoms with Gasteiger partial charge < -0.3 is 15.7 Å². The summed E-state index contributed by atoms with van der Waals surface area (Å²) >= 11 is 0. The van der Waals surface area contributed by atoms with Crippen LogP contribution in [0.1, 0.15) is 164 Å². The molecule has 0 aliphatic carbocycles. The van der Waals surface area contributed by atoms with Gasteiger partial charge in [0, 0.05) is 54.0 Å². The zero-order valence-corrected chi connectivity index (χ0v) is 31.9. The van der Waals surface area contributed by atoms with E-state index in [2.05, 4.69) is 76.2 Å². The van der Waals surface area contributed by atoms with E-state index in [4.69, 9.17) is 10.2 Å². The molecule has 1 heterocycles. The van der Waals surface area contributed by atoms with E-state index >= 15 is 0 Å². The molecule has 1 aliphatic rings. The number of hydrogen-bond donors (Lipinski definition) is 2. The maximum absolute atomic E-state index is 11.6. The molecule has 0 saturated heterocycles. The van der Waals surface area contributed by atoms with E-state index in [0.717, 1.165) is 62.4 Å². The maximum Gasteiger partial charge on any atom is 0.207 e. The second-order valence-electron chi connectivity index (χ2n) is 12.7. The van der Waals surface area contributed by atoms with E-state index in [9.17, 15) is 5.53 Å². The van der Waals surface area contributed by atoms with Gasteiger partial charge >= 0.3 is 0 Å². The molecular weight excluding hydrogens is 623 g/mol. The fourth-order valence-electron chi connectivity index (χ4n) is 6.24. The van der Waals surface area contributed by atoms with Gasteiger partial charge in [-0.25, -0.2) is 4.70 Å². The van der Waals surface area contributed by atoms with E-state index in [0.29, 0.717) is 0 Å². The Hall–Kier alpha value is -2.07. The van der Waals surface area contributed by atoms with Crippen LogP contribution >= 0.6 is 0 Å². The quantitative estimate of drug-likeness (QED) is 0.0733. The van der Waals surface area contributed by atoms with Crippen LogP contribution in [0.4, 0.5) is 0 Å². The first-order valence-electron chi connectivity index (χ1n) is 18.7. The fourth-order valence-corrected chi connectivity index (χ4v) is 6.24. The second kappa shape index (κ2) is 28.9. The minimum atomic E-state index is 0. The Morgan fingerprint density at radius 1 is 0.426 bits per heavy atom. The monoisotopic (exact) mass is 690 g/mol. The summed E-state index contributed by atoms with van der Waals surface area (Å²) in [5.41, 5.74) is 21.3. The Balaban J connectivity index is 0.00000407. The smallest absolute Gasteiger partial charge is 0.207 e. The summed E-state index contributed by atoms with van der Waals surface area (Å²) in [5, 5.41) is 14.0. The Bertz CT molecular complexity index is 1110. The first-order valence-corrected chi connectivity index (χ1v) is 18.7. The number of allylic oxidation sites excluding steroid dienone is 2. The Morgan fingerprint density at radius 2 is 0.702 bits per heavy atom. The molecule has 2 N–H and O–H groups in total. The predicted octanol–water partition coefficient (Wildman–Crippen LogP) is 11.8. The number of aliphatic hydroxyl groups excluding tert-OH is 2. The van der Waals surface area contributed by atoms with Crippen molar-refractivity contribution in [2.75, 3.05) is 14.2 Å². The van der Waals surface area contributed by atoms with E-state index < -0.39 is 0 Å². The van der Waals surface area contributed by atoms with Crippen molar-refractivity contribution < 1.29 is 31.4 Å². The minimum Gasteiger partial charge on any atom is -0.493 e. The summed E-state index contributed by atoms with van der Waals surface area (Å²) in [4.78, 5) is 0. The van der Waals surface area contributed by atoms with Crippen LogP contribution in [0.3, 0.4) is 0 Å². The average Bonchev–Trinajstić information content (AvgIpc) is 3.48. The van der Waals surface area contributed by atoms with E-state index in [1.165, 1.54) is 130 Å². The van der Waals surface area contributed by atoms with Gasteiger partial charge in [-0.2, -0.15) is 0 Å². The Morgan fingerprint density at radius 3 is 1.02 bits per heavy atom. The van der Waals surface area contributed by atoms with Gasteiger partial charge in [-0.3, -0.25) is 0 Å². The number of aryl methyl sites for hydroxylation is 4. The summed E-state index contributed by atoms with van der Waals surface area (Å²) in [6.45, 7) is 9.09. The van der Waals surface area contributed by atoms with Crippen LogP contribution < -0.4 is 0 Å². The number of nitrogens with zero attached hydrogens (tertiary/aromatic N) is 2. The second-order valence-corrected chi connectivity index (χ2v) is 12.7. The number of unbranched alkanes of at least 4 members (excludes halogenated alkanes) is 12. The third kappa shape index (κ3) is 17.2. The molecule has 0 bridgehead atoms. The molecule has 1 aliphatic heterocycles. The Kier molecular flexibility index (Phi) is 27.6. The van der Waals surface area contributed by atoms with Gasteiger partial charge in [0.2, 0.25) is 11.4 Å². The van der Waals surface area contributed by atoms with Crippen molar-refractivity contribution in [3.8, 4) is 0 Å². The van der Waals surface area contributed by atoms with Crippen LogP contribution in [0.15, 0.2) is 48.6 Å². The van der Waals surface area contributed by atoms with Crippen LogP contribution in [0.2, 0.25) is 0 Å². The maximum atomic E-state index is 11.6. The van der Waals surface area contributed by atoms with Crippen molar-refractivity contribution in [2.45, 2.75) is 156 Å². The Labute approximate surface area is 299 Å². The average molecular weight is 692 g/mol. The van der Waals surface area contributed by atoms with Crippen molar-refractivity contribution in [2.24, 2.45) is 0 Å². The third-order valence-electron chi connectivity index (χ3n) is 8.83. The molecule has 3 rings (SSSR count). The summed E-state index contributed by atoms with van der Waals surface area (Å²) in [7, 11) is 2.00. The molecule has 47 heavy (non-hydrogen) atoms. The number of hydrogen-bond acceptors (Lipinski definition) is 2. The first-order chi connectivity index (χ1) is 22.6. The van der Waals surface area contributed by atoms with E-state index in [1.807, 2.05) is 0 Å². The van der Waals surface area contributed by atoms with Crippen molar-refractivity contribution >= 4 is 11.4 Å². The SMILES string of the molecule is CCCCCCCCc1cc(CCCCCCCC)cc(C2=CC=C(c3cc(CCCC)cc(CCCC)c3)[N+]2=[N-])c1.CO.CO.[Ni]. The van der Waals surface area contributed by atoms with Gasteiger partial charge in [0.1, 0.15) is 0 Å². The number of aliphatic hydroxyl groups is 2. The molecule has 0 atom stereocenters. The van der Waals surface area contributed by atoms with Crippen molar-refractivity contribution in [1.29, 1.82) is 0 Å². The van der Waals surface area contributed by atoms with Crippen LogP contribution in [0.25, 0.3) is 16.9 Å². The summed E-state index contributed by atoms with van der Waals surface area (Å²) in [6, 6.07) is 14.1. The van der Waals surface area contributed by atoms with Gasteiger partial charge in [0.05, 0.1) is 0 Å². The standard InChI is InChI=1S/C40H60N2.2CH4O.Ni/c1-5-9-13-15-17-19-23-35-28-36(24-20-18-16-14-10-6-2)32-38(31-35)40-26-25-39(42(40)41)37-29-33(21-11-7-3)27-34(30-37)22-12-8-4;2*1-2;/h25-32H,5-24H2,1-4H3;2*2H,1H3;. The molecule has 0 spiro atoms.